The van der Waals surface area contributed by atoms with Gasteiger partial charge < -0.3 is 9.64 Å². The van der Waals surface area contributed by atoms with Crippen molar-refractivity contribution in [1.29, 1.82) is 0 Å². The molecule has 0 N–H and O–H groups in total. The maximum Gasteiger partial charge on any atom is 0.227 e. The van der Waals surface area contributed by atoms with E-state index in [0.29, 0.717) is 19.5 Å². The fourth-order valence-corrected chi connectivity index (χ4v) is 3.64. The second-order valence-electron chi connectivity index (χ2n) is 7.25. The second kappa shape index (κ2) is 8.75. The lowest BCUT2D eigenvalue weighted by Crippen LogP contribution is -2.33. The van der Waals surface area contributed by atoms with E-state index in [1.54, 1.807) is 0 Å². The summed E-state index contributed by atoms with van der Waals surface area (Å²) in [7, 11) is 0. The van der Waals surface area contributed by atoms with Crippen molar-refractivity contribution < 1.29 is 9.53 Å². The van der Waals surface area contributed by atoms with Crippen LogP contribution in [-0.2, 0) is 30.6 Å². The van der Waals surface area contributed by atoms with Gasteiger partial charge in [-0.2, -0.15) is 0 Å². The first-order valence-corrected chi connectivity index (χ1v) is 9.88. The zero-order valence-electron chi connectivity index (χ0n) is 16.0. The van der Waals surface area contributed by atoms with Crippen LogP contribution < -0.4 is 4.74 Å². The van der Waals surface area contributed by atoms with Crippen molar-refractivity contribution >= 4 is 5.91 Å². The Balaban J connectivity index is 1.47. The van der Waals surface area contributed by atoms with Crippen molar-refractivity contribution in [2.75, 3.05) is 13.2 Å². The fourth-order valence-electron chi connectivity index (χ4n) is 3.64. The maximum absolute atomic E-state index is 13.1. The molecule has 0 bridgehead atoms. The lowest BCUT2D eigenvalue weighted by molar-refractivity contribution is -0.131. The van der Waals surface area contributed by atoms with Gasteiger partial charge in [0, 0.05) is 19.5 Å². The van der Waals surface area contributed by atoms with E-state index in [-0.39, 0.29) is 5.91 Å². The van der Waals surface area contributed by atoms with Gasteiger partial charge in [-0.05, 0) is 34.7 Å². The molecule has 0 radical (unpaired) electrons. The molecule has 142 valence electrons. The molecular weight excluding hydrogens is 346 g/mol. The quantitative estimate of drug-likeness (QED) is 0.615. The molecule has 1 aliphatic rings. The average molecular weight is 371 g/mol. The van der Waals surface area contributed by atoms with Crippen LogP contribution in [0.25, 0.3) is 0 Å². The first kappa shape index (κ1) is 18.3. The summed E-state index contributed by atoms with van der Waals surface area (Å²) in [5.74, 6) is 1.13. The Morgan fingerprint density at radius 1 is 0.857 bits per heavy atom. The number of carbonyl (C=O) groups excluding carboxylic acids is 1. The topological polar surface area (TPSA) is 29.5 Å². The Bertz CT molecular complexity index is 922. The maximum atomic E-state index is 13.1. The normalized spacial score (nSPS) is 12.3. The van der Waals surface area contributed by atoms with Gasteiger partial charge in [0.2, 0.25) is 5.91 Å². The molecule has 4 rings (SSSR count). The van der Waals surface area contributed by atoms with Crippen LogP contribution in [0.2, 0.25) is 0 Å². The number of rotatable bonds is 7. The number of ether oxygens (including phenoxy) is 1. The summed E-state index contributed by atoms with van der Waals surface area (Å²) >= 11 is 0. The summed E-state index contributed by atoms with van der Waals surface area (Å²) < 4.78 is 5.58. The number of hydrogen-bond donors (Lipinski definition) is 0. The molecule has 1 aliphatic heterocycles. The summed E-state index contributed by atoms with van der Waals surface area (Å²) in [6.07, 6.45) is 2.21. The predicted octanol–water partition coefficient (Wildman–Crippen LogP) is 4.44. The summed E-state index contributed by atoms with van der Waals surface area (Å²) in [6, 6.07) is 26.7. The van der Waals surface area contributed by atoms with Crippen LogP contribution in [0.4, 0.5) is 0 Å². The number of fused-ring (bicyclic) bond motifs is 1. The van der Waals surface area contributed by atoms with E-state index in [1.165, 1.54) is 11.1 Å². The second-order valence-corrected chi connectivity index (χ2v) is 7.25. The fraction of sp³-hybridized carbons (Fsp3) is 0.240. The smallest absolute Gasteiger partial charge is 0.227 e. The average Bonchev–Trinajstić information content (AvgIpc) is 3.20. The van der Waals surface area contributed by atoms with Gasteiger partial charge in [-0.1, -0.05) is 72.8 Å². The van der Waals surface area contributed by atoms with Crippen LogP contribution in [0.15, 0.2) is 78.9 Å². The summed E-state index contributed by atoms with van der Waals surface area (Å²) in [5, 5.41) is 0. The van der Waals surface area contributed by atoms with Crippen LogP contribution in [0.1, 0.15) is 22.3 Å². The van der Waals surface area contributed by atoms with Gasteiger partial charge in [-0.25, -0.2) is 0 Å². The van der Waals surface area contributed by atoms with Crippen molar-refractivity contribution in [3.8, 4) is 5.75 Å². The monoisotopic (exact) mass is 371 g/mol. The molecule has 0 fully saturated rings. The molecule has 1 amide bonds. The lowest BCUT2D eigenvalue weighted by atomic mass is 10.0. The molecule has 0 aromatic heterocycles. The van der Waals surface area contributed by atoms with Crippen LogP contribution in [0.3, 0.4) is 0 Å². The Hall–Kier alpha value is -3.07. The van der Waals surface area contributed by atoms with Gasteiger partial charge in [0.15, 0.2) is 0 Å². The van der Waals surface area contributed by atoms with Crippen LogP contribution in [0, 0.1) is 0 Å². The van der Waals surface area contributed by atoms with Gasteiger partial charge in [-0.3, -0.25) is 4.79 Å². The van der Waals surface area contributed by atoms with Crippen molar-refractivity contribution in [2.24, 2.45) is 0 Å². The molecule has 0 saturated heterocycles. The highest BCUT2D eigenvalue weighted by Crippen LogP contribution is 2.26. The van der Waals surface area contributed by atoms with E-state index in [2.05, 4.69) is 30.3 Å². The zero-order valence-corrected chi connectivity index (χ0v) is 16.0. The summed E-state index contributed by atoms with van der Waals surface area (Å²) in [6.45, 7) is 2.09. The standard InChI is InChI=1S/C25H25NO2/c27-25(18-22-11-12-24-23(17-22)14-16-28-24)26(19-21-9-5-2-6-10-21)15-13-20-7-3-1-4-8-20/h1-12,17H,13-16,18-19H2. The molecule has 0 atom stereocenters. The number of amides is 1. The SMILES string of the molecule is O=C(Cc1ccc2c(c1)CCO2)N(CCc1ccccc1)Cc1ccccc1. The minimum atomic E-state index is 0.165. The largest absolute Gasteiger partial charge is 0.493 e. The Kier molecular flexibility index (Phi) is 5.72. The molecular formula is C25H25NO2. The third-order valence-corrected chi connectivity index (χ3v) is 5.19. The minimum absolute atomic E-state index is 0.165. The van der Waals surface area contributed by atoms with Crippen molar-refractivity contribution in [3.63, 3.8) is 0 Å². The van der Waals surface area contributed by atoms with E-state index < -0.39 is 0 Å². The van der Waals surface area contributed by atoms with Gasteiger partial charge in [0.1, 0.15) is 5.75 Å². The van der Waals surface area contributed by atoms with Gasteiger partial charge in [0.25, 0.3) is 0 Å². The van der Waals surface area contributed by atoms with Crippen molar-refractivity contribution in [3.05, 3.63) is 101 Å². The van der Waals surface area contributed by atoms with E-state index >= 15 is 0 Å². The molecule has 0 saturated carbocycles. The van der Waals surface area contributed by atoms with E-state index in [9.17, 15) is 4.79 Å². The number of benzene rings is 3. The van der Waals surface area contributed by atoms with Gasteiger partial charge >= 0.3 is 0 Å². The molecule has 3 aromatic carbocycles. The Labute approximate surface area is 166 Å². The molecule has 3 heteroatoms. The van der Waals surface area contributed by atoms with Crippen LogP contribution >= 0.6 is 0 Å². The highest BCUT2D eigenvalue weighted by molar-refractivity contribution is 5.79. The molecule has 3 aromatic rings. The van der Waals surface area contributed by atoms with Crippen LogP contribution in [-0.4, -0.2) is 24.0 Å². The highest BCUT2D eigenvalue weighted by atomic mass is 16.5. The number of nitrogens with zero attached hydrogens (tertiary/aromatic N) is 1. The highest BCUT2D eigenvalue weighted by Gasteiger charge is 2.17. The number of hydrogen-bond acceptors (Lipinski definition) is 2. The Morgan fingerprint density at radius 2 is 1.57 bits per heavy atom. The first-order chi connectivity index (χ1) is 13.8. The Morgan fingerprint density at radius 3 is 2.32 bits per heavy atom. The zero-order chi connectivity index (χ0) is 19.2. The summed E-state index contributed by atoms with van der Waals surface area (Å²) in [4.78, 5) is 15.1. The first-order valence-electron chi connectivity index (χ1n) is 9.88. The van der Waals surface area contributed by atoms with E-state index in [4.69, 9.17) is 4.74 Å². The van der Waals surface area contributed by atoms with Gasteiger partial charge in [0.05, 0.1) is 13.0 Å². The third kappa shape index (κ3) is 4.61. The molecule has 0 unspecified atom stereocenters. The van der Waals surface area contributed by atoms with E-state index in [1.807, 2.05) is 53.4 Å². The number of carbonyl (C=O) groups is 1. The van der Waals surface area contributed by atoms with Crippen molar-refractivity contribution in [1.82, 2.24) is 4.90 Å². The molecule has 28 heavy (non-hydrogen) atoms. The van der Waals surface area contributed by atoms with E-state index in [0.717, 1.165) is 36.3 Å². The lowest BCUT2D eigenvalue weighted by Gasteiger charge is -2.23. The summed E-state index contributed by atoms with van der Waals surface area (Å²) in [5.41, 5.74) is 4.69. The van der Waals surface area contributed by atoms with Crippen LogP contribution in [0.5, 0.6) is 5.75 Å². The van der Waals surface area contributed by atoms with Gasteiger partial charge in [-0.15, -0.1) is 0 Å². The molecule has 0 aliphatic carbocycles. The predicted molar refractivity (Wildman–Crippen MR) is 111 cm³/mol. The third-order valence-electron chi connectivity index (χ3n) is 5.19. The molecule has 0 spiro atoms. The van der Waals surface area contributed by atoms with Crippen molar-refractivity contribution in [2.45, 2.75) is 25.8 Å². The molecule has 3 nitrogen and oxygen atoms in total. The molecule has 1 heterocycles. The minimum Gasteiger partial charge on any atom is -0.493 e.